The van der Waals surface area contributed by atoms with E-state index in [2.05, 4.69) is 10.2 Å². The number of rotatable bonds is 4. The highest BCUT2D eigenvalue weighted by molar-refractivity contribution is 5.55. The van der Waals surface area contributed by atoms with Gasteiger partial charge in [0, 0.05) is 13.7 Å². The molecule has 0 aliphatic rings. The molecule has 0 atom stereocenters. The van der Waals surface area contributed by atoms with Gasteiger partial charge in [-0.2, -0.15) is 0 Å². The Morgan fingerprint density at radius 3 is 2.94 bits per heavy atom. The van der Waals surface area contributed by atoms with Gasteiger partial charge in [-0.15, -0.1) is 10.2 Å². The standard InChI is InChI=1S/C11H11F2N3O/c1-17-5-4-16-7-14-15-11(16)9-6-8(12)2-3-10(9)13/h2-3,6-7H,4-5H2,1H3. The lowest BCUT2D eigenvalue weighted by atomic mass is 10.2. The van der Waals surface area contributed by atoms with Gasteiger partial charge in [0.2, 0.25) is 0 Å². The van der Waals surface area contributed by atoms with E-state index in [1.165, 1.54) is 6.33 Å². The lowest BCUT2D eigenvalue weighted by Gasteiger charge is -2.06. The third-order valence-electron chi connectivity index (χ3n) is 2.32. The molecule has 0 spiro atoms. The predicted octanol–water partition coefficient (Wildman–Crippen LogP) is 1.87. The summed E-state index contributed by atoms with van der Waals surface area (Å²) in [5, 5.41) is 7.48. The number of hydrogen-bond acceptors (Lipinski definition) is 3. The Morgan fingerprint density at radius 2 is 2.18 bits per heavy atom. The molecule has 1 heterocycles. The molecule has 17 heavy (non-hydrogen) atoms. The van der Waals surface area contributed by atoms with E-state index in [0.29, 0.717) is 19.0 Å². The average Bonchev–Trinajstić information content (AvgIpc) is 2.77. The van der Waals surface area contributed by atoms with Crippen molar-refractivity contribution in [3.63, 3.8) is 0 Å². The molecule has 0 aliphatic carbocycles. The van der Waals surface area contributed by atoms with Crippen molar-refractivity contribution in [2.24, 2.45) is 0 Å². The molecule has 0 bridgehead atoms. The first-order valence-electron chi connectivity index (χ1n) is 5.04. The molecule has 6 heteroatoms. The van der Waals surface area contributed by atoms with Gasteiger partial charge in [-0.25, -0.2) is 8.78 Å². The average molecular weight is 239 g/mol. The zero-order valence-corrected chi connectivity index (χ0v) is 9.23. The zero-order chi connectivity index (χ0) is 12.3. The van der Waals surface area contributed by atoms with Crippen molar-refractivity contribution in [3.05, 3.63) is 36.2 Å². The number of halogens is 2. The molecule has 2 rings (SSSR count). The first kappa shape index (κ1) is 11.7. The molecule has 90 valence electrons. The van der Waals surface area contributed by atoms with E-state index in [9.17, 15) is 8.78 Å². The SMILES string of the molecule is COCCn1cnnc1-c1cc(F)ccc1F. The Morgan fingerprint density at radius 1 is 1.35 bits per heavy atom. The maximum Gasteiger partial charge on any atom is 0.166 e. The summed E-state index contributed by atoms with van der Waals surface area (Å²) in [6, 6.07) is 3.23. The van der Waals surface area contributed by atoms with Crippen LogP contribution in [0.2, 0.25) is 0 Å². The summed E-state index contributed by atoms with van der Waals surface area (Å²) in [6.07, 6.45) is 1.46. The third-order valence-corrected chi connectivity index (χ3v) is 2.32. The third kappa shape index (κ3) is 2.47. The van der Waals surface area contributed by atoms with Crippen LogP contribution in [-0.2, 0) is 11.3 Å². The lowest BCUT2D eigenvalue weighted by Crippen LogP contribution is -2.05. The highest BCUT2D eigenvalue weighted by atomic mass is 19.1. The number of ether oxygens (including phenoxy) is 1. The molecule has 0 N–H and O–H groups in total. The van der Waals surface area contributed by atoms with Crippen LogP contribution < -0.4 is 0 Å². The summed E-state index contributed by atoms with van der Waals surface area (Å²) in [5.74, 6) is -0.750. The highest BCUT2D eigenvalue weighted by Crippen LogP contribution is 2.21. The van der Waals surface area contributed by atoms with Gasteiger partial charge in [0.05, 0.1) is 12.2 Å². The number of benzene rings is 1. The molecule has 1 aromatic heterocycles. The maximum atomic E-state index is 13.6. The second-order valence-electron chi connectivity index (χ2n) is 3.46. The Kier molecular flexibility index (Phi) is 3.43. The van der Waals surface area contributed by atoms with Crippen LogP contribution in [0.4, 0.5) is 8.78 Å². The fourth-order valence-corrected chi connectivity index (χ4v) is 1.49. The topological polar surface area (TPSA) is 39.9 Å². The first-order valence-corrected chi connectivity index (χ1v) is 5.04. The number of aromatic nitrogens is 3. The van der Waals surface area contributed by atoms with Crippen molar-refractivity contribution >= 4 is 0 Å². The van der Waals surface area contributed by atoms with Gasteiger partial charge in [-0.05, 0) is 18.2 Å². The highest BCUT2D eigenvalue weighted by Gasteiger charge is 2.12. The van der Waals surface area contributed by atoms with Crippen LogP contribution in [0.3, 0.4) is 0 Å². The Hall–Kier alpha value is -1.82. The fraction of sp³-hybridized carbons (Fsp3) is 0.273. The molecule has 0 unspecified atom stereocenters. The van der Waals surface area contributed by atoms with Crippen LogP contribution in [0.15, 0.2) is 24.5 Å². The fourth-order valence-electron chi connectivity index (χ4n) is 1.49. The molecular weight excluding hydrogens is 228 g/mol. The minimum absolute atomic E-state index is 0.0959. The van der Waals surface area contributed by atoms with E-state index in [1.54, 1.807) is 11.7 Å². The van der Waals surface area contributed by atoms with Crippen LogP contribution in [0.25, 0.3) is 11.4 Å². The van der Waals surface area contributed by atoms with Gasteiger partial charge in [-0.3, -0.25) is 0 Å². The second kappa shape index (κ2) is 5.01. The molecule has 0 aliphatic heterocycles. The van der Waals surface area contributed by atoms with Gasteiger partial charge in [0.15, 0.2) is 5.82 Å². The van der Waals surface area contributed by atoms with Crippen molar-refractivity contribution in [3.8, 4) is 11.4 Å². The molecule has 2 aromatic rings. The summed E-state index contributed by atoms with van der Waals surface area (Å²) in [5.41, 5.74) is 0.0959. The quantitative estimate of drug-likeness (QED) is 0.817. The van der Waals surface area contributed by atoms with Crippen molar-refractivity contribution in [2.75, 3.05) is 13.7 Å². The zero-order valence-electron chi connectivity index (χ0n) is 9.23. The van der Waals surface area contributed by atoms with Gasteiger partial charge in [-0.1, -0.05) is 0 Å². The molecule has 0 radical (unpaired) electrons. The Labute approximate surface area is 96.9 Å². The number of methoxy groups -OCH3 is 1. The molecule has 0 fully saturated rings. The van der Waals surface area contributed by atoms with Gasteiger partial charge in [0.1, 0.15) is 18.0 Å². The minimum atomic E-state index is -0.530. The monoisotopic (exact) mass is 239 g/mol. The van der Waals surface area contributed by atoms with Gasteiger partial charge >= 0.3 is 0 Å². The molecule has 0 saturated carbocycles. The predicted molar refractivity (Wildman–Crippen MR) is 57.3 cm³/mol. The number of nitrogens with zero attached hydrogens (tertiary/aromatic N) is 3. The van der Waals surface area contributed by atoms with Crippen molar-refractivity contribution in [2.45, 2.75) is 6.54 Å². The minimum Gasteiger partial charge on any atom is -0.383 e. The summed E-state index contributed by atoms with van der Waals surface area (Å²) < 4.78 is 33.2. The Balaban J connectivity index is 2.38. The van der Waals surface area contributed by atoms with E-state index in [1.807, 2.05) is 0 Å². The van der Waals surface area contributed by atoms with Crippen LogP contribution >= 0.6 is 0 Å². The van der Waals surface area contributed by atoms with Crippen molar-refractivity contribution in [1.29, 1.82) is 0 Å². The summed E-state index contributed by atoms with van der Waals surface area (Å²) in [7, 11) is 1.56. The summed E-state index contributed by atoms with van der Waals surface area (Å²) in [6.45, 7) is 0.927. The van der Waals surface area contributed by atoms with E-state index >= 15 is 0 Å². The van der Waals surface area contributed by atoms with E-state index in [-0.39, 0.29) is 5.56 Å². The summed E-state index contributed by atoms with van der Waals surface area (Å²) in [4.78, 5) is 0. The molecular formula is C11H11F2N3O. The first-order chi connectivity index (χ1) is 8.22. The van der Waals surface area contributed by atoms with Crippen LogP contribution in [0.1, 0.15) is 0 Å². The van der Waals surface area contributed by atoms with Gasteiger partial charge < -0.3 is 9.30 Å². The molecule has 0 amide bonds. The van der Waals surface area contributed by atoms with Crippen LogP contribution in [0.5, 0.6) is 0 Å². The van der Waals surface area contributed by atoms with E-state index in [4.69, 9.17) is 4.74 Å². The Bertz CT molecular complexity index is 513. The van der Waals surface area contributed by atoms with E-state index in [0.717, 1.165) is 18.2 Å². The van der Waals surface area contributed by atoms with Crippen LogP contribution in [0, 0.1) is 11.6 Å². The van der Waals surface area contributed by atoms with Crippen molar-refractivity contribution < 1.29 is 13.5 Å². The van der Waals surface area contributed by atoms with Crippen molar-refractivity contribution in [1.82, 2.24) is 14.8 Å². The molecule has 0 saturated heterocycles. The largest absolute Gasteiger partial charge is 0.383 e. The van der Waals surface area contributed by atoms with Crippen LogP contribution in [-0.4, -0.2) is 28.5 Å². The second-order valence-corrected chi connectivity index (χ2v) is 3.46. The molecule has 4 nitrogen and oxygen atoms in total. The molecule has 1 aromatic carbocycles. The normalized spacial score (nSPS) is 10.8. The maximum absolute atomic E-state index is 13.6. The smallest absolute Gasteiger partial charge is 0.166 e. The van der Waals surface area contributed by atoms with E-state index < -0.39 is 11.6 Å². The number of hydrogen-bond donors (Lipinski definition) is 0. The summed E-state index contributed by atoms with van der Waals surface area (Å²) >= 11 is 0. The van der Waals surface area contributed by atoms with Gasteiger partial charge in [0.25, 0.3) is 0 Å². The lowest BCUT2D eigenvalue weighted by molar-refractivity contribution is 0.187.